The third-order valence-corrected chi connectivity index (χ3v) is 2.95. The summed E-state index contributed by atoms with van der Waals surface area (Å²) in [6.45, 7) is 0. The van der Waals surface area contributed by atoms with Crippen LogP contribution in [0.1, 0.15) is 0 Å². The van der Waals surface area contributed by atoms with E-state index in [1.165, 1.54) is 0 Å². The van der Waals surface area contributed by atoms with Crippen molar-refractivity contribution in [3.8, 4) is 0 Å². The molecule has 0 spiro atoms. The van der Waals surface area contributed by atoms with Crippen LogP contribution in [0.2, 0.25) is 0 Å². The second kappa shape index (κ2) is 2.40. The van der Waals surface area contributed by atoms with Crippen molar-refractivity contribution in [3.05, 3.63) is 0 Å². The normalized spacial score (nSPS) is 64.2. The van der Waals surface area contributed by atoms with Gasteiger partial charge in [0.1, 0.15) is 12.2 Å². The van der Waals surface area contributed by atoms with Gasteiger partial charge in [-0.1, -0.05) is 0 Å². The molecule has 5 unspecified atom stereocenters. The van der Waals surface area contributed by atoms with Crippen LogP contribution < -0.4 is 0 Å². The monoisotopic (exact) mass is 175 g/mol. The minimum atomic E-state index is -1.23. The molecule has 2 aliphatic rings. The van der Waals surface area contributed by atoms with Crippen LogP contribution in [0.4, 0.5) is 0 Å². The van der Waals surface area contributed by atoms with E-state index in [1.54, 1.807) is 11.9 Å². The highest BCUT2D eigenvalue weighted by Gasteiger charge is 2.62. The first-order chi connectivity index (χ1) is 5.55. The van der Waals surface area contributed by atoms with Crippen LogP contribution in [0.5, 0.6) is 0 Å². The maximum absolute atomic E-state index is 9.38. The van der Waals surface area contributed by atoms with E-state index in [2.05, 4.69) is 0 Å². The van der Waals surface area contributed by atoms with Crippen LogP contribution in [0.25, 0.3) is 0 Å². The summed E-state index contributed by atoms with van der Waals surface area (Å²) in [5.41, 5.74) is 0. The molecule has 2 rings (SSSR count). The Hall–Kier alpha value is -0.200. The van der Waals surface area contributed by atoms with Crippen molar-refractivity contribution in [2.75, 3.05) is 7.05 Å². The highest BCUT2D eigenvalue weighted by molar-refractivity contribution is 5.16. The Labute approximate surface area is 69.9 Å². The molecule has 0 aromatic heterocycles. The van der Waals surface area contributed by atoms with Gasteiger partial charge in [-0.15, -0.1) is 0 Å². The van der Waals surface area contributed by atoms with Crippen LogP contribution >= 0.6 is 0 Å². The van der Waals surface area contributed by atoms with Gasteiger partial charge in [-0.2, -0.15) is 0 Å². The average molecular weight is 175 g/mol. The Morgan fingerprint density at radius 2 is 1.08 bits per heavy atom. The minimum absolute atomic E-state index is 0.196. The molecule has 0 bridgehead atoms. The van der Waals surface area contributed by atoms with Gasteiger partial charge in [-0.3, -0.25) is 4.90 Å². The van der Waals surface area contributed by atoms with Gasteiger partial charge in [0.15, 0.2) is 0 Å². The summed E-state index contributed by atoms with van der Waals surface area (Å²) >= 11 is 0. The molecule has 0 aromatic rings. The third-order valence-electron chi connectivity index (χ3n) is 2.95. The molecule has 0 aromatic carbocycles. The van der Waals surface area contributed by atoms with E-state index in [1.807, 2.05) is 0 Å². The fourth-order valence-electron chi connectivity index (χ4n) is 2.08. The number of rotatable bonds is 0. The van der Waals surface area contributed by atoms with Crippen molar-refractivity contribution < 1.29 is 20.4 Å². The highest BCUT2D eigenvalue weighted by Crippen LogP contribution is 2.39. The van der Waals surface area contributed by atoms with Crippen LogP contribution in [-0.2, 0) is 0 Å². The quantitative estimate of drug-likeness (QED) is 0.297. The highest BCUT2D eigenvalue weighted by atomic mass is 16.4. The van der Waals surface area contributed by atoms with E-state index in [9.17, 15) is 20.4 Å². The summed E-state index contributed by atoms with van der Waals surface area (Å²) in [4.78, 5) is 1.74. The number of hydrogen-bond acceptors (Lipinski definition) is 5. The second-order valence-corrected chi connectivity index (χ2v) is 3.61. The van der Waals surface area contributed by atoms with Crippen molar-refractivity contribution in [3.63, 3.8) is 0 Å². The van der Waals surface area contributed by atoms with E-state index >= 15 is 0 Å². The molecule has 1 saturated carbocycles. The molecule has 12 heavy (non-hydrogen) atoms. The number of aliphatic hydroxyl groups is 4. The van der Waals surface area contributed by atoms with E-state index < -0.39 is 24.4 Å². The average Bonchev–Trinajstić information content (AvgIpc) is 2.70. The van der Waals surface area contributed by atoms with Gasteiger partial charge in [-0.05, 0) is 7.05 Å². The zero-order valence-electron chi connectivity index (χ0n) is 6.70. The number of hydrogen-bond donors (Lipinski definition) is 4. The number of fused-ring (bicyclic) bond motifs is 1. The lowest BCUT2D eigenvalue weighted by Gasteiger charge is -2.30. The lowest BCUT2D eigenvalue weighted by Crippen LogP contribution is -2.53. The molecule has 0 radical (unpaired) electrons. The molecule has 70 valence electrons. The number of likely N-dealkylation sites (tertiary alicyclic amines) is 1. The summed E-state index contributed by atoms with van der Waals surface area (Å²) < 4.78 is 0. The molecule has 0 amide bonds. The topological polar surface area (TPSA) is 83.9 Å². The molecular weight excluding hydrogens is 162 g/mol. The van der Waals surface area contributed by atoms with Gasteiger partial charge in [-0.25, -0.2) is 0 Å². The van der Waals surface area contributed by atoms with Crippen molar-refractivity contribution in [2.45, 2.75) is 36.5 Å². The van der Waals surface area contributed by atoms with Gasteiger partial charge in [0.25, 0.3) is 0 Å². The zero-order valence-corrected chi connectivity index (χ0v) is 6.70. The molecule has 4 N–H and O–H groups in total. The Morgan fingerprint density at radius 1 is 0.750 bits per heavy atom. The summed E-state index contributed by atoms with van der Waals surface area (Å²) in [5.74, 6) is 0. The Kier molecular flexibility index (Phi) is 1.68. The van der Waals surface area contributed by atoms with Crippen molar-refractivity contribution in [2.24, 2.45) is 0 Å². The van der Waals surface area contributed by atoms with E-state index in [4.69, 9.17) is 0 Å². The van der Waals surface area contributed by atoms with Crippen LogP contribution in [-0.4, -0.2) is 68.9 Å². The van der Waals surface area contributed by atoms with Crippen molar-refractivity contribution in [1.29, 1.82) is 0 Å². The SMILES string of the molecule is CN1[C@@H]2C(O)C(O)C(O)C(O)[C@@H]21. The standard InChI is InChI=1S/C7H13NO4/c1-8-2-3(8)5(10)7(12)6(11)4(2)9/h2-7,9-12H,1H3/t2-,3+,4?,5?,6?,7?,8?. The Morgan fingerprint density at radius 3 is 1.42 bits per heavy atom. The van der Waals surface area contributed by atoms with Crippen LogP contribution in [0, 0.1) is 0 Å². The summed E-state index contributed by atoms with van der Waals surface area (Å²) in [6.07, 6.45) is -4.35. The maximum Gasteiger partial charge on any atom is 0.110 e. The molecule has 1 aliphatic heterocycles. The Balaban J connectivity index is 2.17. The molecule has 1 aliphatic carbocycles. The molecular formula is C7H13NO4. The summed E-state index contributed by atoms with van der Waals surface area (Å²) in [5, 5.41) is 37.3. The predicted octanol–water partition coefficient (Wildman–Crippen LogP) is -2.87. The first-order valence-corrected chi connectivity index (χ1v) is 4.00. The lowest BCUT2D eigenvalue weighted by molar-refractivity contribution is -0.121. The summed E-state index contributed by atoms with van der Waals surface area (Å²) in [6, 6.07) is -0.392. The Bertz CT molecular complexity index is 150. The smallest absolute Gasteiger partial charge is 0.110 e. The van der Waals surface area contributed by atoms with Gasteiger partial charge in [0, 0.05) is 0 Å². The van der Waals surface area contributed by atoms with E-state index in [0.717, 1.165) is 0 Å². The molecule has 1 heterocycles. The first kappa shape index (κ1) is 8.40. The van der Waals surface area contributed by atoms with Gasteiger partial charge in [0.05, 0.1) is 24.3 Å². The molecule has 2 fully saturated rings. The number of aliphatic hydroxyl groups excluding tert-OH is 4. The number of nitrogens with zero attached hydrogens (tertiary/aromatic N) is 1. The van der Waals surface area contributed by atoms with E-state index in [-0.39, 0.29) is 12.1 Å². The zero-order chi connectivity index (χ0) is 9.04. The van der Waals surface area contributed by atoms with Gasteiger partial charge >= 0.3 is 0 Å². The van der Waals surface area contributed by atoms with Gasteiger partial charge in [0.2, 0.25) is 0 Å². The number of likely N-dealkylation sites (N-methyl/N-ethyl adjacent to an activating group) is 1. The largest absolute Gasteiger partial charge is 0.389 e. The van der Waals surface area contributed by atoms with Crippen LogP contribution in [0.15, 0.2) is 0 Å². The third kappa shape index (κ3) is 0.855. The predicted molar refractivity (Wildman–Crippen MR) is 39.4 cm³/mol. The fraction of sp³-hybridized carbons (Fsp3) is 1.00. The minimum Gasteiger partial charge on any atom is -0.389 e. The lowest BCUT2D eigenvalue weighted by atomic mass is 9.90. The summed E-state index contributed by atoms with van der Waals surface area (Å²) in [7, 11) is 1.74. The second-order valence-electron chi connectivity index (χ2n) is 3.61. The maximum atomic E-state index is 9.38. The fourth-order valence-corrected chi connectivity index (χ4v) is 2.08. The van der Waals surface area contributed by atoms with Gasteiger partial charge < -0.3 is 20.4 Å². The molecule has 5 nitrogen and oxygen atoms in total. The molecule has 7 atom stereocenters. The van der Waals surface area contributed by atoms with Crippen molar-refractivity contribution in [1.82, 2.24) is 4.90 Å². The van der Waals surface area contributed by atoms with Crippen LogP contribution in [0.3, 0.4) is 0 Å². The molecule has 5 heteroatoms. The molecule has 1 saturated heterocycles. The first-order valence-electron chi connectivity index (χ1n) is 4.00. The van der Waals surface area contributed by atoms with E-state index in [0.29, 0.717) is 0 Å². The van der Waals surface area contributed by atoms with Crippen molar-refractivity contribution >= 4 is 0 Å².